The molecule has 6 heteroatoms. The Labute approximate surface area is 130 Å². The smallest absolute Gasteiger partial charge is 0.321 e. The minimum Gasteiger partial charge on any atom is -0.492 e. The van der Waals surface area contributed by atoms with Gasteiger partial charge in [0.2, 0.25) is 0 Å². The number of rotatable bonds is 4. The summed E-state index contributed by atoms with van der Waals surface area (Å²) in [5, 5.41) is 16.0. The minimum absolute atomic E-state index is 0.115. The molecule has 6 nitrogen and oxygen atoms in total. The lowest BCUT2D eigenvalue weighted by atomic mass is 9.82. The molecule has 2 heterocycles. The Bertz CT molecular complexity index is 551. The molecule has 0 spiro atoms. The summed E-state index contributed by atoms with van der Waals surface area (Å²) in [6.45, 7) is 5.48. The van der Waals surface area contributed by atoms with Crippen molar-refractivity contribution < 1.29 is 14.6 Å². The molecular weight excluding hydrogens is 282 g/mol. The van der Waals surface area contributed by atoms with Crippen LogP contribution in [0, 0.1) is 11.3 Å². The first-order valence-corrected chi connectivity index (χ1v) is 7.78. The molecule has 120 valence electrons. The highest BCUT2D eigenvalue weighted by atomic mass is 16.5. The second-order valence-corrected chi connectivity index (χ2v) is 6.09. The molecule has 0 saturated carbocycles. The van der Waals surface area contributed by atoms with Crippen LogP contribution in [0.4, 0.5) is 10.5 Å². The molecule has 0 aliphatic carbocycles. The number of aliphatic hydroxyl groups is 1. The molecule has 2 fully saturated rings. The number of likely N-dealkylation sites (tertiary alicyclic amines) is 1. The van der Waals surface area contributed by atoms with Crippen molar-refractivity contribution in [3.05, 3.63) is 24.3 Å². The maximum Gasteiger partial charge on any atom is 0.321 e. The van der Waals surface area contributed by atoms with Crippen molar-refractivity contribution in [3.8, 4) is 5.75 Å². The summed E-state index contributed by atoms with van der Waals surface area (Å²) in [5.74, 6) is 1.00. The van der Waals surface area contributed by atoms with E-state index in [9.17, 15) is 9.90 Å². The fourth-order valence-electron chi connectivity index (χ4n) is 3.45. The molecule has 22 heavy (non-hydrogen) atoms. The summed E-state index contributed by atoms with van der Waals surface area (Å²) >= 11 is 0. The number of fused-ring (bicyclic) bond motifs is 1. The third-order valence-corrected chi connectivity index (χ3v) is 4.71. The maximum atomic E-state index is 12.5. The lowest BCUT2D eigenvalue weighted by Crippen LogP contribution is -2.39. The normalized spacial score (nSPS) is 26.8. The number of urea groups is 1. The highest BCUT2D eigenvalue weighted by molar-refractivity contribution is 5.91. The van der Waals surface area contributed by atoms with E-state index in [1.54, 1.807) is 4.90 Å². The van der Waals surface area contributed by atoms with Gasteiger partial charge in [-0.25, -0.2) is 4.79 Å². The molecular formula is C16H23N3O3. The molecule has 1 aromatic carbocycles. The number of hydrogen-bond acceptors (Lipinski definition) is 4. The number of amides is 2. The van der Waals surface area contributed by atoms with E-state index in [4.69, 9.17) is 4.74 Å². The van der Waals surface area contributed by atoms with Crippen molar-refractivity contribution in [1.29, 1.82) is 0 Å². The highest BCUT2D eigenvalue weighted by Gasteiger charge is 2.50. The van der Waals surface area contributed by atoms with Crippen LogP contribution in [0.2, 0.25) is 0 Å². The number of anilines is 1. The first-order chi connectivity index (χ1) is 10.7. The topological polar surface area (TPSA) is 73.8 Å². The second kappa shape index (κ2) is 6.14. The van der Waals surface area contributed by atoms with Gasteiger partial charge in [0.1, 0.15) is 5.75 Å². The maximum absolute atomic E-state index is 12.5. The van der Waals surface area contributed by atoms with Gasteiger partial charge in [-0.2, -0.15) is 0 Å². The minimum atomic E-state index is -0.184. The number of benzene rings is 1. The summed E-state index contributed by atoms with van der Waals surface area (Å²) in [4.78, 5) is 14.3. The van der Waals surface area contributed by atoms with Gasteiger partial charge >= 0.3 is 6.03 Å². The zero-order valence-corrected chi connectivity index (χ0v) is 12.8. The molecule has 0 bridgehead atoms. The summed E-state index contributed by atoms with van der Waals surface area (Å²) in [7, 11) is 0. The third kappa shape index (κ3) is 2.64. The zero-order valence-electron chi connectivity index (χ0n) is 12.8. The molecule has 2 atom stereocenters. The van der Waals surface area contributed by atoms with Crippen LogP contribution in [-0.2, 0) is 0 Å². The van der Waals surface area contributed by atoms with Crippen LogP contribution >= 0.6 is 0 Å². The Morgan fingerprint density at radius 3 is 3.09 bits per heavy atom. The summed E-state index contributed by atoms with van der Waals surface area (Å²) in [6, 6.07) is 7.30. The fraction of sp³-hybridized carbons (Fsp3) is 0.562. The predicted molar refractivity (Wildman–Crippen MR) is 84.1 cm³/mol. The van der Waals surface area contributed by atoms with Gasteiger partial charge in [-0.1, -0.05) is 12.1 Å². The molecule has 3 N–H and O–H groups in total. The Morgan fingerprint density at radius 1 is 1.55 bits per heavy atom. The van der Waals surface area contributed by atoms with Crippen LogP contribution in [0.1, 0.15) is 6.92 Å². The van der Waals surface area contributed by atoms with Crippen molar-refractivity contribution in [2.45, 2.75) is 6.92 Å². The molecule has 2 unspecified atom stereocenters. The van der Waals surface area contributed by atoms with Crippen molar-refractivity contribution >= 4 is 11.7 Å². The molecule has 2 saturated heterocycles. The van der Waals surface area contributed by atoms with Crippen molar-refractivity contribution in [2.24, 2.45) is 11.3 Å². The van der Waals surface area contributed by atoms with Gasteiger partial charge in [0.05, 0.1) is 18.9 Å². The largest absolute Gasteiger partial charge is 0.492 e. The number of ether oxygens (including phenoxy) is 1. The zero-order chi connectivity index (χ0) is 15.6. The van der Waals surface area contributed by atoms with Crippen LogP contribution in [0.25, 0.3) is 0 Å². The summed E-state index contributed by atoms with van der Waals surface area (Å²) in [6.07, 6.45) is 0. The Balaban J connectivity index is 1.69. The van der Waals surface area contributed by atoms with Crippen LogP contribution in [-0.4, -0.2) is 55.4 Å². The quantitative estimate of drug-likeness (QED) is 0.780. The molecule has 2 aliphatic heterocycles. The van der Waals surface area contributed by atoms with Gasteiger partial charge in [0, 0.05) is 31.6 Å². The van der Waals surface area contributed by atoms with Gasteiger partial charge in [-0.05, 0) is 25.0 Å². The molecule has 2 amide bonds. The lowest BCUT2D eigenvalue weighted by molar-refractivity contribution is 0.127. The molecule has 3 rings (SSSR count). The van der Waals surface area contributed by atoms with E-state index in [0.717, 1.165) is 13.1 Å². The third-order valence-electron chi connectivity index (χ3n) is 4.71. The van der Waals surface area contributed by atoms with Crippen LogP contribution in [0.15, 0.2) is 24.3 Å². The summed E-state index contributed by atoms with van der Waals surface area (Å²) < 4.78 is 5.53. The van der Waals surface area contributed by atoms with E-state index >= 15 is 0 Å². The van der Waals surface area contributed by atoms with Gasteiger partial charge in [0.25, 0.3) is 0 Å². The molecule has 0 aromatic heterocycles. The monoisotopic (exact) mass is 305 g/mol. The summed E-state index contributed by atoms with van der Waals surface area (Å²) in [5.41, 5.74) is 0.499. The Kier molecular flexibility index (Phi) is 4.22. The van der Waals surface area contributed by atoms with Gasteiger partial charge in [-0.3, -0.25) is 0 Å². The molecule has 1 aromatic rings. The van der Waals surface area contributed by atoms with Gasteiger partial charge < -0.3 is 25.4 Å². The van der Waals surface area contributed by atoms with Crippen LogP contribution in [0.5, 0.6) is 5.75 Å². The van der Waals surface area contributed by atoms with Crippen molar-refractivity contribution in [2.75, 3.05) is 44.7 Å². The van der Waals surface area contributed by atoms with E-state index in [1.165, 1.54) is 0 Å². The fourth-order valence-corrected chi connectivity index (χ4v) is 3.45. The van der Waals surface area contributed by atoms with Gasteiger partial charge in [0.15, 0.2) is 0 Å². The number of carbonyl (C=O) groups is 1. The highest BCUT2D eigenvalue weighted by Crippen LogP contribution is 2.38. The number of nitrogens with zero attached hydrogens (tertiary/aromatic N) is 1. The predicted octanol–water partition coefficient (Wildman–Crippen LogP) is 1.13. The van der Waals surface area contributed by atoms with Crippen molar-refractivity contribution in [1.82, 2.24) is 10.2 Å². The van der Waals surface area contributed by atoms with E-state index in [2.05, 4.69) is 10.6 Å². The Hall–Kier alpha value is -1.79. The number of hydrogen-bond donors (Lipinski definition) is 3. The van der Waals surface area contributed by atoms with E-state index in [1.807, 2.05) is 31.2 Å². The number of nitrogens with one attached hydrogen (secondary N) is 2. The van der Waals surface area contributed by atoms with E-state index in [-0.39, 0.29) is 18.1 Å². The Morgan fingerprint density at radius 2 is 2.36 bits per heavy atom. The number of para-hydroxylation sites is 2. The standard InChI is InChI=1S/C16H23N3O3/c1-2-22-14-6-4-3-5-13(14)18-15(21)19-8-12-7-17-9-16(12,10-19)11-20/h3-6,12,17,20H,2,7-11H2,1H3,(H,18,21). The molecule has 0 radical (unpaired) electrons. The second-order valence-electron chi connectivity index (χ2n) is 6.09. The van der Waals surface area contributed by atoms with Gasteiger partial charge in [-0.15, -0.1) is 0 Å². The van der Waals surface area contributed by atoms with Crippen molar-refractivity contribution in [3.63, 3.8) is 0 Å². The average molecular weight is 305 g/mol. The van der Waals surface area contributed by atoms with Crippen LogP contribution in [0.3, 0.4) is 0 Å². The number of carbonyl (C=O) groups excluding carboxylic acids is 1. The number of aliphatic hydroxyl groups excluding tert-OH is 1. The SMILES string of the molecule is CCOc1ccccc1NC(=O)N1CC2CNCC2(CO)C1. The first-order valence-electron chi connectivity index (χ1n) is 7.78. The van der Waals surface area contributed by atoms with E-state index < -0.39 is 0 Å². The van der Waals surface area contributed by atoms with Crippen LogP contribution < -0.4 is 15.4 Å². The van der Waals surface area contributed by atoms with E-state index in [0.29, 0.717) is 37.1 Å². The average Bonchev–Trinajstić information content (AvgIpc) is 3.06. The first kappa shape index (κ1) is 15.1. The molecule has 2 aliphatic rings. The lowest BCUT2D eigenvalue weighted by Gasteiger charge is -2.25.